The average molecular weight is 374 g/mol. The predicted molar refractivity (Wildman–Crippen MR) is 103 cm³/mol. The number of quaternary nitrogens is 1. The molecule has 2 atom stereocenters. The lowest BCUT2D eigenvalue weighted by molar-refractivity contribution is -0.914. The molecule has 3 rings (SSSR count). The Labute approximate surface area is 159 Å². The number of benzene rings is 1. The van der Waals surface area contributed by atoms with E-state index < -0.39 is 5.97 Å². The molecule has 1 aliphatic rings. The summed E-state index contributed by atoms with van der Waals surface area (Å²) in [7, 11) is 0. The number of ether oxygens (including phenoxy) is 2. The van der Waals surface area contributed by atoms with Gasteiger partial charge in [0.1, 0.15) is 31.0 Å². The summed E-state index contributed by atoms with van der Waals surface area (Å²) in [6, 6.07) is 7.50. The number of hydrogen-bond acceptors (Lipinski definition) is 4. The second-order valence-electron chi connectivity index (χ2n) is 7.10. The topological polar surface area (TPSA) is 84.9 Å². The molecular formula is C20H28N3O4+. The number of H-pyrrole nitrogens is 1. The Morgan fingerprint density at radius 3 is 2.67 bits per heavy atom. The molecular weight excluding hydrogens is 346 g/mol. The van der Waals surface area contributed by atoms with Crippen LogP contribution in [0.1, 0.15) is 37.7 Å². The number of para-hydroxylation sites is 1. The number of carbonyl (C=O) groups is 2. The molecule has 7 nitrogen and oxygen atoms in total. The van der Waals surface area contributed by atoms with E-state index in [4.69, 9.17) is 9.47 Å². The second kappa shape index (κ2) is 8.54. The number of morpholine rings is 1. The van der Waals surface area contributed by atoms with Crippen molar-refractivity contribution in [3.63, 3.8) is 0 Å². The number of aromatic nitrogens is 1. The molecule has 2 aromatic rings. The molecule has 0 spiro atoms. The summed E-state index contributed by atoms with van der Waals surface area (Å²) in [6.45, 7) is 8.70. The van der Waals surface area contributed by atoms with Crippen LogP contribution in [0.3, 0.4) is 0 Å². The van der Waals surface area contributed by atoms with Crippen molar-refractivity contribution in [2.45, 2.75) is 39.4 Å². The smallest absolute Gasteiger partial charge is 0.356 e. The maximum Gasteiger partial charge on any atom is 0.356 e. The fourth-order valence-corrected chi connectivity index (χ4v) is 3.71. The number of aromatic amines is 1. The van der Waals surface area contributed by atoms with Gasteiger partial charge in [0.2, 0.25) is 5.91 Å². The van der Waals surface area contributed by atoms with E-state index in [9.17, 15) is 9.59 Å². The average Bonchev–Trinajstić information content (AvgIpc) is 2.98. The number of amides is 1. The first-order valence-electron chi connectivity index (χ1n) is 9.54. The van der Waals surface area contributed by atoms with E-state index >= 15 is 0 Å². The van der Waals surface area contributed by atoms with Gasteiger partial charge < -0.3 is 24.7 Å². The molecule has 0 radical (unpaired) electrons. The van der Waals surface area contributed by atoms with Gasteiger partial charge >= 0.3 is 5.97 Å². The summed E-state index contributed by atoms with van der Waals surface area (Å²) in [6.07, 6.45) is 0.794. The molecule has 2 heterocycles. The largest absolute Gasteiger partial charge is 0.461 e. The summed E-state index contributed by atoms with van der Waals surface area (Å²) < 4.78 is 10.9. The molecule has 1 aromatic carbocycles. The normalized spacial score (nSPS) is 22.6. The molecule has 1 amide bonds. The first-order valence-corrected chi connectivity index (χ1v) is 9.54. The Balaban J connectivity index is 1.70. The first-order chi connectivity index (χ1) is 13.0. The van der Waals surface area contributed by atoms with Crippen LogP contribution in [0.25, 0.3) is 10.9 Å². The highest BCUT2D eigenvalue weighted by atomic mass is 16.5. The molecule has 0 unspecified atom stereocenters. The van der Waals surface area contributed by atoms with Crippen molar-refractivity contribution in [1.82, 2.24) is 4.98 Å². The highest BCUT2D eigenvalue weighted by Crippen LogP contribution is 2.28. The molecule has 1 aliphatic heterocycles. The lowest BCUT2D eigenvalue weighted by Crippen LogP contribution is -3.15. The molecule has 1 aromatic heterocycles. The van der Waals surface area contributed by atoms with Crippen molar-refractivity contribution in [2.24, 2.45) is 0 Å². The van der Waals surface area contributed by atoms with Crippen LogP contribution in [0.15, 0.2) is 24.3 Å². The monoisotopic (exact) mass is 374 g/mol. The zero-order chi connectivity index (χ0) is 19.4. The third-order valence-corrected chi connectivity index (χ3v) is 4.77. The van der Waals surface area contributed by atoms with Gasteiger partial charge in [-0.1, -0.05) is 18.2 Å². The maximum absolute atomic E-state index is 12.6. The van der Waals surface area contributed by atoms with Crippen LogP contribution in [-0.2, 0) is 14.3 Å². The van der Waals surface area contributed by atoms with Gasteiger partial charge in [-0.25, -0.2) is 4.79 Å². The fraction of sp³-hybridized carbons (Fsp3) is 0.500. The van der Waals surface area contributed by atoms with Gasteiger partial charge in [0.05, 0.1) is 25.3 Å². The zero-order valence-electron chi connectivity index (χ0n) is 16.1. The number of carbonyl (C=O) groups excluding carboxylic acids is 2. The molecule has 3 N–H and O–H groups in total. The van der Waals surface area contributed by atoms with Crippen LogP contribution in [0.5, 0.6) is 0 Å². The van der Waals surface area contributed by atoms with E-state index in [-0.39, 0.29) is 30.4 Å². The minimum Gasteiger partial charge on any atom is -0.461 e. The summed E-state index contributed by atoms with van der Waals surface area (Å²) in [5, 5.41) is 3.72. The molecule has 0 bridgehead atoms. The first kappa shape index (κ1) is 19.4. The maximum atomic E-state index is 12.6. The van der Waals surface area contributed by atoms with Crippen LogP contribution in [0.2, 0.25) is 0 Å². The van der Waals surface area contributed by atoms with Gasteiger partial charge in [0, 0.05) is 10.9 Å². The summed E-state index contributed by atoms with van der Waals surface area (Å²) in [4.78, 5) is 29.3. The van der Waals surface area contributed by atoms with Gasteiger partial charge in [-0.3, -0.25) is 4.79 Å². The quantitative estimate of drug-likeness (QED) is 0.667. The third kappa shape index (κ3) is 4.67. The second-order valence-corrected chi connectivity index (χ2v) is 7.10. The molecule has 0 aliphatic carbocycles. The van der Waals surface area contributed by atoms with E-state index in [2.05, 4.69) is 24.1 Å². The van der Waals surface area contributed by atoms with Crippen molar-refractivity contribution in [3.8, 4) is 0 Å². The van der Waals surface area contributed by atoms with E-state index in [1.54, 1.807) is 6.92 Å². The van der Waals surface area contributed by atoms with Crippen LogP contribution >= 0.6 is 0 Å². The Morgan fingerprint density at radius 2 is 1.96 bits per heavy atom. The zero-order valence-corrected chi connectivity index (χ0v) is 16.1. The van der Waals surface area contributed by atoms with Crippen molar-refractivity contribution in [3.05, 3.63) is 30.0 Å². The van der Waals surface area contributed by atoms with Crippen LogP contribution < -0.4 is 10.2 Å². The molecule has 27 heavy (non-hydrogen) atoms. The number of anilines is 1. The fourth-order valence-electron chi connectivity index (χ4n) is 3.71. The number of fused-ring (bicyclic) bond motifs is 1. The Hall–Kier alpha value is -2.38. The van der Waals surface area contributed by atoms with Crippen molar-refractivity contribution < 1.29 is 24.0 Å². The van der Waals surface area contributed by atoms with Gasteiger partial charge in [-0.15, -0.1) is 0 Å². The minimum atomic E-state index is -0.467. The lowest BCUT2D eigenvalue weighted by atomic mass is 10.2. The molecule has 1 fully saturated rings. The third-order valence-electron chi connectivity index (χ3n) is 4.77. The minimum absolute atomic E-state index is 0.107. The number of nitrogens with one attached hydrogen (secondary N) is 3. The summed E-state index contributed by atoms with van der Waals surface area (Å²) in [5.74, 6) is -0.574. The Morgan fingerprint density at radius 1 is 1.26 bits per heavy atom. The standard InChI is InChI=1S/C20H27N3O4/c1-4-26-20(25)19-18(15-7-5-6-8-16(15)21-19)22-17(24)9-10-23-11-13(2)27-14(3)12-23/h5-8,13-14,21H,4,9-12H2,1-3H3,(H,22,24)/p+1/t13-,14-/m1/s1. The van der Waals surface area contributed by atoms with Crippen LogP contribution in [0.4, 0.5) is 5.69 Å². The molecule has 146 valence electrons. The highest BCUT2D eigenvalue weighted by Gasteiger charge is 2.26. The van der Waals surface area contributed by atoms with Gasteiger partial charge in [0.15, 0.2) is 0 Å². The van der Waals surface area contributed by atoms with Crippen molar-refractivity contribution in [1.29, 1.82) is 0 Å². The number of esters is 1. The van der Waals surface area contributed by atoms with Crippen LogP contribution in [0, 0.1) is 0 Å². The van der Waals surface area contributed by atoms with E-state index in [0.29, 0.717) is 12.1 Å². The van der Waals surface area contributed by atoms with Crippen molar-refractivity contribution in [2.75, 3.05) is 31.6 Å². The Kier molecular flexibility index (Phi) is 6.13. The lowest BCUT2D eigenvalue weighted by Gasteiger charge is -2.32. The molecule has 7 heteroatoms. The van der Waals surface area contributed by atoms with Crippen molar-refractivity contribution >= 4 is 28.5 Å². The van der Waals surface area contributed by atoms with Gasteiger partial charge in [-0.2, -0.15) is 0 Å². The number of hydrogen-bond donors (Lipinski definition) is 3. The van der Waals surface area contributed by atoms with E-state index in [1.165, 1.54) is 4.90 Å². The highest BCUT2D eigenvalue weighted by molar-refractivity contribution is 6.10. The summed E-state index contributed by atoms with van der Waals surface area (Å²) in [5.41, 5.74) is 1.57. The predicted octanol–water partition coefficient (Wildman–Crippen LogP) is 1.37. The van der Waals surface area contributed by atoms with Gasteiger partial charge in [0.25, 0.3) is 0 Å². The van der Waals surface area contributed by atoms with Gasteiger partial charge in [-0.05, 0) is 26.8 Å². The summed E-state index contributed by atoms with van der Waals surface area (Å²) >= 11 is 0. The van der Waals surface area contributed by atoms with E-state index in [1.807, 2.05) is 24.3 Å². The Bertz CT molecular complexity index is 807. The van der Waals surface area contributed by atoms with Crippen LogP contribution in [-0.4, -0.2) is 55.3 Å². The number of rotatable bonds is 6. The van der Waals surface area contributed by atoms with E-state index in [0.717, 1.165) is 30.5 Å². The molecule has 0 saturated carbocycles. The SMILES string of the molecule is CCOC(=O)c1[nH]c2ccccc2c1NC(=O)CC[NH+]1C[C@@H](C)O[C@H](C)C1. The molecule has 1 saturated heterocycles.